The molecule has 6 aliphatic rings. The number of carbonyl (C=O) groups is 2. The Morgan fingerprint density at radius 2 is 1.07 bits per heavy atom. The molecule has 0 aliphatic carbocycles. The summed E-state index contributed by atoms with van der Waals surface area (Å²) in [4.78, 5) is 32.8. The second kappa shape index (κ2) is 19.5. The molecule has 17 nitrogen and oxygen atoms in total. The molecule has 9 rings (SSSR count). The van der Waals surface area contributed by atoms with Crippen molar-refractivity contribution in [2.24, 2.45) is 0 Å². The van der Waals surface area contributed by atoms with Crippen LogP contribution >= 0.6 is 7.60 Å². The molecule has 1 N–H and O–H groups in total. The summed E-state index contributed by atoms with van der Waals surface area (Å²) < 4.78 is 65.3. The van der Waals surface area contributed by atoms with Gasteiger partial charge in [-0.1, -0.05) is 0 Å². The van der Waals surface area contributed by atoms with E-state index < -0.39 is 78.0 Å². The largest absolute Gasteiger partial charge is 0.485 e. The maximum atomic E-state index is 17.0. The van der Waals surface area contributed by atoms with Crippen LogP contribution in [0.1, 0.15) is 166 Å². The minimum Gasteiger partial charge on any atom is -0.485 e. The Kier molecular flexibility index (Phi) is 14.1. The molecule has 0 radical (unpaired) electrons. The smallest absolute Gasteiger partial charge is 0.362 e. The molecule has 74 heavy (non-hydrogen) atoms. The van der Waals surface area contributed by atoms with E-state index in [4.69, 9.17) is 32.7 Å². The fourth-order valence-corrected chi connectivity index (χ4v) is 13.8. The number of fused-ring (bicyclic) bond motifs is 3. The normalized spacial score (nSPS) is 27.8. The van der Waals surface area contributed by atoms with Crippen LogP contribution in [0.25, 0.3) is 0 Å². The van der Waals surface area contributed by atoms with E-state index in [1.807, 2.05) is 51.3 Å². The van der Waals surface area contributed by atoms with Crippen molar-refractivity contribution in [2.75, 3.05) is 26.2 Å². The zero-order valence-electron chi connectivity index (χ0n) is 44.2. The standard InChI is InChI=1S/C56H69N6O11P/c1-52(2,71-49-46(60-24-11-14-43(60)63)37-28-34(31-57)17-20-40(37)68-53(49,3)4)23-27-67-56(9,10)74(66,72-50-47(61-25-12-15-44(61)64)38-29-35(32-58)18-21-41(38)69-54(50,5)6)73-51-48(62-26-13-16-45(62)65)39-30-36(33-59)19-22-42(39)70-55(51,7)8/h17-22,28-30,44,46-51,64H,11-16,23-27H2,1-10H3/t44?,46-,47-,48-,49+,50+,51+,74?/m1/s1. The van der Waals surface area contributed by atoms with Crippen molar-refractivity contribution in [1.29, 1.82) is 15.8 Å². The molecule has 0 saturated carbocycles. The van der Waals surface area contributed by atoms with Gasteiger partial charge in [0.15, 0.2) is 5.34 Å². The number of hydrogen-bond donors (Lipinski definition) is 1. The minimum atomic E-state index is -4.78. The van der Waals surface area contributed by atoms with E-state index in [1.54, 1.807) is 87.2 Å². The van der Waals surface area contributed by atoms with Gasteiger partial charge in [0.05, 0.1) is 65.2 Å². The number of hydrogen-bond acceptors (Lipinski definition) is 15. The van der Waals surface area contributed by atoms with Gasteiger partial charge < -0.3 is 38.6 Å². The molecule has 3 aromatic rings. The summed E-state index contributed by atoms with van der Waals surface area (Å²) in [5.41, 5.74) is -1.43. The molecule has 6 aliphatic heterocycles. The van der Waals surface area contributed by atoms with Gasteiger partial charge in [0, 0.05) is 49.2 Å². The number of ether oxygens (including phenoxy) is 5. The number of rotatable bonds is 14. The molecule has 6 heterocycles. The van der Waals surface area contributed by atoms with E-state index in [0.717, 1.165) is 0 Å². The second-order valence-electron chi connectivity index (χ2n) is 23.2. The molecule has 3 fully saturated rings. The molecule has 394 valence electrons. The molecule has 18 heteroatoms. The number of aliphatic hydroxyl groups is 1. The Morgan fingerprint density at radius 3 is 1.47 bits per heavy atom. The van der Waals surface area contributed by atoms with Crippen molar-refractivity contribution in [3.05, 3.63) is 88.0 Å². The summed E-state index contributed by atoms with van der Waals surface area (Å²) >= 11 is 0. The van der Waals surface area contributed by atoms with Gasteiger partial charge in [0.1, 0.15) is 58.6 Å². The number of nitriles is 3. The van der Waals surface area contributed by atoms with Crippen LogP contribution in [0.4, 0.5) is 0 Å². The van der Waals surface area contributed by atoms with E-state index in [-0.39, 0.29) is 24.8 Å². The lowest BCUT2D eigenvalue weighted by Crippen LogP contribution is -2.57. The Balaban J connectivity index is 1.09. The highest BCUT2D eigenvalue weighted by molar-refractivity contribution is 7.55. The molecule has 0 spiro atoms. The molecule has 2 amide bonds. The zero-order chi connectivity index (χ0) is 53.3. The van der Waals surface area contributed by atoms with Crippen LogP contribution in [0.2, 0.25) is 0 Å². The minimum absolute atomic E-state index is 0.00728. The second-order valence-corrected chi connectivity index (χ2v) is 25.7. The van der Waals surface area contributed by atoms with Crippen molar-refractivity contribution in [3.63, 3.8) is 0 Å². The first-order valence-electron chi connectivity index (χ1n) is 25.8. The van der Waals surface area contributed by atoms with Crippen LogP contribution in [0.5, 0.6) is 17.2 Å². The zero-order valence-corrected chi connectivity index (χ0v) is 45.1. The summed E-state index contributed by atoms with van der Waals surface area (Å²) in [7, 11) is -4.78. The summed E-state index contributed by atoms with van der Waals surface area (Å²) in [6.45, 7) is 19.6. The lowest BCUT2D eigenvalue weighted by molar-refractivity contribution is -0.188. The number of aliphatic hydroxyl groups excluding tert-OH is 1. The van der Waals surface area contributed by atoms with Crippen LogP contribution in [-0.2, 0) is 32.7 Å². The van der Waals surface area contributed by atoms with Crippen molar-refractivity contribution in [2.45, 2.75) is 185 Å². The van der Waals surface area contributed by atoms with Gasteiger partial charge in [0.25, 0.3) is 0 Å². The monoisotopic (exact) mass is 1030 g/mol. The van der Waals surface area contributed by atoms with Crippen molar-refractivity contribution < 1.29 is 52.0 Å². The Bertz CT molecular complexity index is 2880. The van der Waals surface area contributed by atoms with E-state index in [1.165, 1.54) is 0 Å². The van der Waals surface area contributed by atoms with Crippen LogP contribution in [0, 0.1) is 34.0 Å². The van der Waals surface area contributed by atoms with Gasteiger partial charge in [-0.05, 0) is 156 Å². The number of benzene rings is 3. The van der Waals surface area contributed by atoms with Crippen LogP contribution in [0.15, 0.2) is 54.6 Å². The van der Waals surface area contributed by atoms with Crippen LogP contribution in [-0.4, -0.2) is 110 Å². The Labute approximate surface area is 434 Å². The average Bonchev–Trinajstić information content (AvgIpc) is 4.09. The molecule has 0 bridgehead atoms. The average molecular weight is 1030 g/mol. The lowest BCUT2D eigenvalue weighted by Gasteiger charge is -2.52. The summed E-state index contributed by atoms with van der Waals surface area (Å²) in [6.07, 6.45) is -0.494. The summed E-state index contributed by atoms with van der Waals surface area (Å²) in [6, 6.07) is 19.9. The summed E-state index contributed by atoms with van der Waals surface area (Å²) in [5, 5.41) is 39.9. The SMILES string of the molecule is CC(C)(CCOC(C)(C)P(=O)(O[C@H]1[C@H](N2CCCC2=O)c2cc(C#N)ccc2OC1(C)C)O[C@H]1[C@H](N2CCCC2O)c2cc(C#N)ccc2OC1(C)C)O[C@H]1[C@H](N2CCCC2=O)c2cc(C#N)ccc2OC1(C)C. The number of nitrogens with zero attached hydrogens (tertiary/aromatic N) is 6. The topological polar surface area (TPSA) is 217 Å². The predicted octanol–water partition coefficient (Wildman–Crippen LogP) is 9.27. The van der Waals surface area contributed by atoms with Crippen LogP contribution in [0.3, 0.4) is 0 Å². The molecule has 2 unspecified atom stereocenters. The van der Waals surface area contributed by atoms with Gasteiger partial charge in [-0.25, -0.2) is 0 Å². The van der Waals surface area contributed by atoms with E-state index in [0.29, 0.717) is 109 Å². The highest BCUT2D eigenvalue weighted by atomic mass is 31.2. The number of likely N-dealkylation sites (tertiary alicyclic amines) is 3. The maximum Gasteiger partial charge on any atom is 0.362 e. The van der Waals surface area contributed by atoms with Gasteiger partial charge >= 0.3 is 7.60 Å². The third-order valence-electron chi connectivity index (χ3n) is 15.7. The molecule has 8 atom stereocenters. The van der Waals surface area contributed by atoms with Crippen molar-refractivity contribution in [1.82, 2.24) is 14.7 Å². The quantitative estimate of drug-likeness (QED) is 0.149. The van der Waals surface area contributed by atoms with Crippen LogP contribution < -0.4 is 14.2 Å². The van der Waals surface area contributed by atoms with Gasteiger partial charge in [0.2, 0.25) is 11.8 Å². The third kappa shape index (κ3) is 9.80. The third-order valence-corrected chi connectivity index (χ3v) is 18.1. The molecule has 3 aromatic carbocycles. The highest BCUT2D eigenvalue weighted by Crippen LogP contribution is 2.67. The van der Waals surface area contributed by atoms with Gasteiger partial charge in [-0.15, -0.1) is 0 Å². The fourth-order valence-electron chi connectivity index (χ4n) is 11.7. The van der Waals surface area contributed by atoms with Crippen molar-refractivity contribution >= 4 is 19.4 Å². The predicted molar refractivity (Wildman–Crippen MR) is 271 cm³/mol. The van der Waals surface area contributed by atoms with Gasteiger partial charge in [-0.2, -0.15) is 15.8 Å². The first-order valence-corrected chi connectivity index (χ1v) is 27.4. The van der Waals surface area contributed by atoms with Gasteiger partial charge in [-0.3, -0.25) is 28.1 Å². The first-order chi connectivity index (χ1) is 34.8. The van der Waals surface area contributed by atoms with Crippen molar-refractivity contribution in [3.8, 4) is 35.5 Å². The summed E-state index contributed by atoms with van der Waals surface area (Å²) in [5.74, 6) is 1.39. The van der Waals surface area contributed by atoms with E-state index >= 15 is 4.57 Å². The Morgan fingerprint density at radius 1 is 0.649 bits per heavy atom. The lowest BCUT2D eigenvalue weighted by atomic mass is 9.84. The Hall–Kier alpha value is -5.54. The number of amides is 2. The molecular formula is C56H69N6O11P. The molecule has 3 saturated heterocycles. The highest BCUT2D eigenvalue weighted by Gasteiger charge is 2.60. The van der Waals surface area contributed by atoms with E-state index in [9.17, 15) is 30.5 Å². The van der Waals surface area contributed by atoms with E-state index in [2.05, 4.69) is 18.2 Å². The molecular weight excluding hydrogens is 964 g/mol. The first kappa shape index (κ1) is 53.3. The molecule has 0 aromatic heterocycles. The fraction of sp³-hybridized carbons (Fsp3) is 0.589. The number of carbonyl (C=O) groups excluding carboxylic acids is 2. The maximum absolute atomic E-state index is 17.0.